The molecule has 0 aliphatic carbocycles. The van der Waals surface area contributed by atoms with Gasteiger partial charge in [0, 0.05) is 12.2 Å². The molecule has 110 valence electrons. The molecule has 21 heavy (non-hydrogen) atoms. The highest BCUT2D eigenvalue weighted by molar-refractivity contribution is 5.99. The first-order valence-electron chi connectivity index (χ1n) is 6.85. The molecule has 0 spiro atoms. The molecule has 1 heterocycles. The Morgan fingerprint density at radius 3 is 2.71 bits per heavy atom. The number of carbonyl (C=O) groups excluding carboxylic acids is 1. The highest BCUT2D eigenvalue weighted by Gasteiger charge is 2.14. The summed E-state index contributed by atoms with van der Waals surface area (Å²) in [6.45, 7) is 4.59. The number of benzene rings is 1. The zero-order chi connectivity index (χ0) is 15.2. The molecule has 0 bridgehead atoms. The number of para-hydroxylation sites is 1. The van der Waals surface area contributed by atoms with E-state index >= 15 is 0 Å². The first-order valence-corrected chi connectivity index (χ1v) is 6.85. The van der Waals surface area contributed by atoms with Crippen molar-refractivity contribution < 1.29 is 9.18 Å². The summed E-state index contributed by atoms with van der Waals surface area (Å²) in [6, 6.07) is 10.1. The SMILES string of the molecule is CCNc1c(F)cccc1C(=O)NCc1cccc(C)n1. The van der Waals surface area contributed by atoms with Crippen LogP contribution in [0.15, 0.2) is 36.4 Å². The van der Waals surface area contributed by atoms with E-state index in [0.29, 0.717) is 18.7 Å². The molecule has 0 atom stereocenters. The van der Waals surface area contributed by atoms with Gasteiger partial charge in [-0.05, 0) is 38.1 Å². The third kappa shape index (κ3) is 3.78. The van der Waals surface area contributed by atoms with Gasteiger partial charge in [0.15, 0.2) is 0 Å². The Morgan fingerprint density at radius 2 is 2.00 bits per heavy atom. The van der Waals surface area contributed by atoms with Crippen LogP contribution < -0.4 is 10.6 Å². The van der Waals surface area contributed by atoms with E-state index in [0.717, 1.165) is 11.4 Å². The number of rotatable bonds is 5. The number of aryl methyl sites for hydroxylation is 1. The van der Waals surface area contributed by atoms with E-state index in [-0.39, 0.29) is 11.6 Å². The van der Waals surface area contributed by atoms with Crippen molar-refractivity contribution in [3.63, 3.8) is 0 Å². The summed E-state index contributed by atoms with van der Waals surface area (Å²) in [5.41, 5.74) is 2.19. The van der Waals surface area contributed by atoms with Gasteiger partial charge < -0.3 is 10.6 Å². The van der Waals surface area contributed by atoms with Crippen LogP contribution in [0.25, 0.3) is 0 Å². The normalized spacial score (nSPS) is 10.2. The second-order valence-corrected chi connectivity index (χ2v) is 4.65. The summed E-state index contributed by atoms with van der Waals surface area (Å²) >= 11 is 0. The molecule has 2 N–H and O–H groups in total. The van der Waals surface area contributed by atoms with Crippen LogP contribution in [0, 0.1) is 12.7 Å². The van der Waals surface area contributed by atoms with Crippen molar-refractivity contribution in [2.75, 3.05) is 11.9 Å². The number of anilines is 1. The third-order valence-electron chi connectivity index (χ3n) is 2.99. The van der Waals surface area contributed by atoms with Crippen molar-refractivity contribution in [3.8, 4) is 0 Å². The minimum absolute atomic E-state index is 0.231. The second kappa shape index (κ2) is 6.83. The van der Waals surface area contributed by atoms with Crippen molar-refractivity contribution >= 4 is 11.6 Å². The Bertz CT molecular complexity index is 643. The predicted octanol–water partition coefficient (Wildman–Crippen LogP) is 2.89. The predicted molar refractivity (Wildman–Crippen MR) is 80.7 cm³/mol. The molecule has 0 aliphatic rings. The fraction of sp³-hybridized carbons (Fsp3) is 0.250. The molecule has 0 fully saturated rings. The minimum Gasteiger partial charge on any atom is -0.382 e. The molecule has 0 radical (unpaired) electrons. The molecule has 2 aromatic rings. The number of hydrogen-bond donors (Lipinski definition) is 2. The molecule has 1 aromatic heterocycles. The highest BCUT2D eigenvalue weighted by Crippen LogP contribution is 2.19. The lowest BCUT2D eigenvalue weighted by atomic mass is 10.1. The molecule has 0 saturated heterocycles. The number of pyridine rings is 1. The van der Waals surface area contributed by atoms with Crippen LogP contribution in [0.5, 0.6) is 0 Å². The first-order chi connectivity index (χ1) is 10.1. The summed E-state index contributed by atoms with van der Waals surface area (Å²) in [5, 5.41) is 5.64. The molecule has 1 aromatic carbocycles. The van der Waals surface area contributed by atoms with Gasteiger partial charge in [-0.1, -0.05) is 12.1 Å². The highest BCUT2D eigenvalue weighted by atomic mass is 19.1. The second-order valence-electron chi connectivity index (χ2n) is 4.65. The maximum absolute atomic E-state index is 13.8. The van der Waals surface area contributed by atoms with Crippen LogP contribution in [-0.4, -0.2) is 17.4 Å². The third-order valence-corrected chi connectivity index (χ3v) is 2.99. The summed E-state index contributed by atoms with van der Waals surface area (Å²) in [6.07, 6.45) is 0. The molecule has 0 unspecified atom stereocenters. The molecule has 5 heteroatoms. The average Bonchev–Trinajstić information content (AvgIpc) is 2.47. The van der Waals surface area contributed by atoms with Crippen LogP contribution in [-0.2, 0) is 6.54 Å². The molecule has 1 amide bonds. The Morgan fingerprint density at radius 1 is 1.24 bits per heavy atom. The van der Waals surface area contributed by atoms with Gasteiger partial charge in [0.2, 0.25) is 0 Å². The van der Waals surface area contributed by atoms with Crippen molar-refractivity contribution in [3.05, 3.63) is 59.2 Å². The summed E-state index contributed by atoms with van der Waals surface area (Å²) in [7, 11) is 0. The number of halogens is 1. The van der Waals surface area contributed by atoms with Gasteiger partial charge in [-0.25, -0.2) is 4.39 Å². The number of nitrogens with zero attached hydrogens (tertiary/aromatic N) is 1. The lowest BCUT2D eigenvalue weighted by molar-refractivity contribution is 0.0951. The zero-order valence-electron chi connectivity index (χ0n) is 12.1. The van der Waals surface area contributed by atoms with Gasteiger partial charge in [-0.15, -0.1) is 0 Å². The van der Waals surface area contributed by atoms with Crippen LogP contribution in [0.3, 0.4) is 0 Å². The molecule has 4 nitrogen and oxygen atoms in total. The lowest BCUT2D eigenvalue weighted by Crippen LogP contribution is -2.25. The summed E-state index contributed by atoms with van der Waals surface area (Å²) in [4.78, 5) is 16.5. The molecular formula is C16H18FN3O. The number of nitrogens with one attached hydrogen (secondary N) is 2. The van der Waals surface area contributed by atoms with E-state index in [9.17, 15) is 9.18 Å². The monoisotopic (exact) mass is 287 g/mol. The van der Waals surface area contributed by atoms with Crippen molar-refractivity contribution in [2.45, 2.75) is 20.4 Å². The van der Waals surface area contributed by atoms with Crippen LogP contribution >= 0.6 is 0 Å². The van der Waals surface area contributed by atoms with E-state index in [2.05, 4.69) is 15.6 Å². The number of amides is 1. The Hall–Kier alpha value is -2.43. The average molecular weight is 287 g/mol. The van der Waals surface area contributed by atoms with Crippen LogP contribution in [0.4, 0.5) is 10.1 Å². The van der Waals surface area contributed by atoms with Crippen molar-refractivity contribution in [1.82, 2.24) is 10.3 Å². The number of aromatic nitrogens is 1. The van der Waals surface area contributed by atoms with Gasteiger partial charge in [0.1, 0.15) is 5.82 Å². The summed E-state index contributed by atoms with van der Waals surface area (Å²) in [5.74, 6) is -0.757. The van der Waals surface area contributed by atoms with Gasteiger partial charge >= 0.3 is 0 Å². The Balaban J connectivity index is 2.12. The Labute approximate surface area is 123 Å². The van der Waals surface area contributed by atoms with Crippen molar-refractivity contribution in [1.29, 1.82) is 0 Å². The topological polar surface area (TPSA) is 54.0 Å². The van der Waals surface area contributed by atoms with Gasteiger partial charge in [0.05, 0.1) is 23.5 Å². The fourth-order valence-electron chi connectivity index (χ4n) is 2.03. The zero-order valence-corrected chi connectivity index (χ0v) is 12.1. The maximum atomic E-state index is 13.8. The Kier molecular flexibility index (Phi) is 4.87. The fourth-order valence-corrected chi connectivity index (χ4v) is 2.03. The van der Waals surface area contributed by atoms with Crippen molar-refractivity contribution in [2.24, 2.45) is 0 Å². The van der Waals surface area contributed by atoms with E-state index in [1.165, 1.54) is 12.1 Å². The quantitative estimate of drug-likeness (QED) is 0.889. The van der Waals surface area contributed by atoms with E-state index < -0.39 is 5.82 Å². The van der Waals surface area contributed by atoms with Gasteiger partial charge in [0.25, 0.3) is 5.91 Å². The molecule has 0 aliphatic heterocycles. The maximum Gasteiger partial charge on any atom is 0.253 e. The smallest absolute Gasteiger partial charge is 0.253 e. The van der Waals surface area contributed by atoms with Gasteiger partial charge in [-0.2, -0.15) is 0 Å². The number of carbonyl (C=O) groups is 1. The van der Waals surface area contributed by atoms with E-state index in [4.69, 9.17) is 0 Å². The standard InChI is InChI=1S/C16H18FN3O/c1-3-18-15-13(8-5-9-14(15)17)16(21)19-10-12-7-4-6-11(2)20-12/h4-9,18H,3,10H2,1-2H3,(H,19,21). The number of hydrogen-bond acceptors (Lipinski definition) is 3. The van der Waals surface area contributed by atoms with E-state index in [1.807, 2.05) is 32.0 Å². The minimum atomic E-state index is -0.432. The van der Waals surface area contributed by atoms with Gasteiger partial charge in [-0.3, -0.25) is 9.78 Å². The molecule has 2 rings (SSSR count). The first kappa shape index (κ1) is 15.0. The van der Waals surface area contributed by atoms with E-state index in [1.54, 1.807) is 6.07 Å². The largest absolute Gasteiger partial charge is 0.382 e. The summed E-state index contributed by atoms with van der Waals surface area (Å²) < 4.78 is 13.8. The van der Waals surface area contributed by atoms with Crippen LogP contribution in [0.1, 0.15) is 28.7 Å². The molecular weight excluding hydrogens is 269 g/mol. The molecule has 0 saturated carbocycles. The lowest BCUT2D eigenvalue weighted by Gasteiger charge is -2.12. The van der Waals surface area contributed by atoms with Crippen LogP contribution in [0.2, 0.25) is 0 Å².